The molecule has 0 saturated carbocycles. The van der Waals surface area contributed by atoms with Gasteiger partial charge >= 0.3 is 0 Å². The van der Waals surface area contributed by atoms with Crippen LogP contribution < -0.4 is 4.90 Å². The van der Waals surface area contributed by atoms with Crippen molar-refractivity contribution in [1.82, 2.24) is 9.97 Å². The van der Waals surface area contributed by atoms with E-state index in [2.05, 4.69) is 14.9 Å². The number of aromatic nitrogens is 2. The average Bonchev–Trinajstić information content (AvgIpc) is 2.85. The van der Waals surface area contributed by atoms with Gasteiger partial charge in [0.05, 0.1) is 19.8 Å². The van der Waals surface area contributed by atoms with E-state index in [0.29, 0.717) is 19.1 Å². The van der Waals surface area contributed by atoms with E-state index in [0.717, 1.165) is 32.1 Å². The molecule has 1 atom stereocenters. The van der Waals surface area contributed by atoms with E-state index in [1.165, 1.54) is 0 Å². The summed E-state index contributed by atoms with van der Waals surface area (Å²) < 4.78 is 10.5. The molecule has 0 N–H and O–H groups in total. The zero-order valence-electron chi connectivity index (χ0n) is 10.2. The molecule has 1 aliphatic heterocycles. The zero-order valence-corrected chi connectivity index (χ0v) is 10.2. The summed E-state index contributed by atoms with van der Waals surface area (Å²) in [4.78, 5) is 10.7. The van der Waals surface area contributed by atoms with Gasteiger partial charge in [-0.15, -0.1) is 0 Å². The fourth-order valence-electron chi connectivity index (χ4n) is 2.00. The Kier molecular flexibility index (Phi) is 4.70. The van der Waals surface area contributed by atoms with Crippen molar-refractivity contribution in [2.75, 3.05) is 44.9 Å². The van der Waals surface area contributed by atoms with Crippen molar-refractivity contribution < 1.29 is 9.47 Å². The third-order valence-corrected chi connectivity index (χ3v) is 2.91. The van der Waals surface area contributed by atoms with Gasteiger partial charge in [-0.25, -0.2) is 9.97 Å². The lowest BCUT2D eigenvalue weighted by Gasteiger charge is -2.15. The molecule has 0 aliphatic carbocycles. The van der Waals surface area contributed by atoms with E-state index in [9.17, 15) is 0 Å². The Morgan fingerprint density at radius 3 is 2.94 bits per heavy atom. The number of nitrogens with zero attached hydrogens (tertiary/aromatic N) is 3. The lowest BCUT2D eigenvalue weighted by atomic mass is 10.1. The summed E-state index contributed by atoms with van der Waals surface area (Å²) in [7, 11) is 1.69. The summed E-state index contributed by atoms with van der Waals surface area (Å²) in [6.07, 6.45) is 4.71. The van der Waals surface area contributed by atoms with Crippen molar-refractivity contribution >= 4 is 5.95 Å². The SMILES string of the molecule is COCCOCC1CCN(c2ncccn2)C1. The van der Waals surface area contributed by atoms with Crippen LogP contribution in [0.3, 0.4) is 0 Å². The highest BCUT2D eigenvalue weighted by Gasteiger charge is 2.24. The molecule has 1 fully saturated rings. The maximum absolute atomic E-state index is 5.55. The zero-order chi connectivity index (χ0) is 11.9. The minimum absolute atomic E-state index is 0.579. The van der Waals surface area contributed by atoms with Gasteiger partial charge in [0, 0.05) is 38.5 Å². The van der Waals surface area contributed by atoms with Crippen LogP contribution in [-0.2, 0) is 9.47 Å². The molecule has 0 radical (unpaired) electrons. The summed E-state index contributed by atoms with van der Waals surface area (Å²) in [6.45, 7) is 4.14. The molecule has 0 spiro atoms. The van der Waals surface area contributed by atoms with Crippen LogP contribution in [0.4, 0.5) is 5.95 Å². The van der Waals surface area contributed by atoms with Gasteiger partial charge in [0.25, 0.3) is 0 Å². The highest BCUT2D eigenvalue weighted by atomic mass is 16.5. The minimum Gasteiger partial charge on any atom is -0.382 e. The number of anilines is 1. The smallest absolute Gasteiger partial charge is 0.225 e. The molecule has 1 unspecified atom stereocenters. The maximum atomic E-state index is 5.55. The monoisotopic (exact) mass is 237 g/mol. The Morgan fingerprint density at radius 1 is 1.35 bits per heavy atom. The number of ether oxygens (including phenoxy) is 2. The Balaban J connectivity index is 1.72. The van der Waals surface area contributed by atoms with Crippen LogP contribution in [0.15, 0.2) is 18.5 Å². The van der Waals surface area contributed by atoms with Crippen molar-refractivity contribution in [3.8, 4) is 0 Å². The predicted molar refractivity (Wildman–Crippen MR) is 65.0 cm³/mol. The molecule has 1 saturated heterocycles. The second-order valence-corrected chi connectivity index (χ2v) is 4.22. The van der Waals surface area contributed by atoms with Gasteiger partial charge in [-0.3, -0.25) is 0 Å². The predicted octanol–water partition coefficient (Wildman–Crippen LogP) is 0.966. The molecule has 0 aromatic carbocycles. The van der Waals surface area contributed by atoms with Crippen LogP contribution in [0.25, 0.3) is 0 Å². The number of methoxy groups -OCH3 is 1. The molecule has 0 amide bonds. The van der Waals surface area contributed by atoms with Crippen LogP contribution in [0.1, 0.15) is 6.42 Å². The normalized spacial score (nSPS) is 19.8. The molecule has 5 heteroatoms. The first kappa shape index (κ1) is 12.3. The van der Waals surface area contributed by atoms with Gasteiger partial charge in [-0.1, -0.05) is 0 Å². The molecule has 1 aromatic heterocycles. The topological polar surface area (TPSA) is 47.5 Å². The second-order valence-electron chi connectivity index (χ2n) is 4.22. The molecule has 0 bridgehead atoms. The van der Waals surface area contributed by atoms with Gasteiger partial charge in [0.2, 0.25) is 5.95 Å². The van der Waals surface area contributed by atoms with Gasteiger partial charge in [-0.2, -0.15) is 0 Å². The molecular weight excluding hydrogens is 218 g/mol. The number of hydrogen-bond acceptors (Lipinski definition) is 5. The lowest BCUT2D eigenvalue weighted by molar-refractivity contribution is 0.0549. The Bertz CT molecular complexity index is 321. The van der Waals surface area contributed by atoms with Crippen molar-refractivity contribution in [2.24, 2.45) is 5.92 Å². The average molecular weight is 237 g/mol. The van der Waals surface area contributed by atoms with E-state index in [-0.39, 0.29) is 0 Å². The molecular formula is C12H19N3O2. The molecule has 2 rings (SSSR count). The third-order valence-electron chi connectivity index (χ3n) is 2.91. The van der Waals surface area contributed by atoms with Gasteiger partial charge in [0.15, 0.2) is 0 Å². The summed E-state index contributed by atoms with van der Waals surface area (Å²) in [5.41, 5.74) is 0. The summed E-state index contributed by atoms with van der Waals surface area (Å²) >= 11 is 0. The highest BCUT2D eigenvalue weighted by molar-refractivity contribution is 5.30. The number of hydrogen-bond donors (Lipinski definition) is 0. The Labute approximate surface area is 102 Å². The van der Waals surface area contributed by atoms with E-state index in [1.807, 2.05) is 6.07 Å². The van der Waals surface area contributed by atoms with Crippen LogP contribution in [0.2, 0.25) is 0 Å². The van der Waals surface area contributed by atoms with Crippen LogP contribution in [-0.4, -0.2) is 50.0 Å². The van der Waals surface area contributed by atoms with Crippen molar-refractivity contribution in [1.29, 1.82) is 0 Å². The standard InChI is InChI=1S/C12H19N3O2/c1-16-7-8-17-10-11-3-6-15(9-11)12-13-4-2-5-14-12/h2,4-5,11H,3,6-10H2,1H3. The molecule has 17 heavy (non-hydrogen) atoms. The van der Waals surface area contributed by atoms with E-state index in [1.54, 1.807) is 19.5 Å². The first-order valence-electron chi connectivity index (χ1n) is 5.99. The van der Waals surface area contributed by atoms with Gasteiger partial charge < -0.3 is 14.4 Å². The van der Waals surface area contributed by atoms with Crippen molar-refractivity contribution in [3.05, 3.63) is 18.5 Å². The highest BCUT2D eigenvalue weighted by Crippen LogP contribution is 2.20. The summed E-state index contributed by atoms with van der Waals surface area (Å²) in [6, 6.07) is 1.84. The second kappa shape index (κ2) is 6.51. The quantitative estimate of drug-likeness (QED) is 0.690. The fourth-order valence-corrected chi connectivity index (χ4v) is 2.00. The molecule has 2 heterocycles. The van der Waals surface area contributed by atoms with Crippen LogP contribution in [0, 0.1) is 5.92 Å². The summed E-state index contributed by atoms with van der Waals surface area (Å²) in [5, 5.41) is 0. The third kappa shape index (κ3) is 3.64. The maximum Gasteiger partial charge on any atom is 0.225 e. The fraction of sp³-hybridized carbons (Fsp3) is 0.667. The largest absolute Gasteiger partial charge is 0.382 e. The molecule has 5 nitrogen and oxygen atoms in total. The van der Waals surface area contributed by atoms with E-state index in [4.69, 9.17) is 9.47 Å². The van der Waals surface area contributed by atoms with Crippen LogP contribution in [0.5, 0.6) is 0 Å². The van der Waals surface area contributed by atoms with Gasteiger partial charge in [-0.05, 0) is 12.5 Å². The molecule has 94 valence electrons. The minimum atomic E-state index is 0.579. The van der Waals surface area contributed by atoms with Crippen molar-refractivity contribution in [3.63, 3.8) is 0 Å². The molecule has 1 aromatic rings. The van der Waals surface area contributed by atoms with E-state index < -0.39 is 0 Å². The Hall–Kier alpha value is -1.20. The summed E-state index contributed by atoms with van der Waals surface area (Å²) in [5.74, 6) is 1.41. The first-order valence-corrected chi connectivity index (χ1v) is 5.99. The number of rotatable bonds is 6. The van der Waals surface area contributed by atoms with Gasteiger partial charge in [0.1, 0.15) is 0 Å². The first-order chi connectivity index (χ1) is 8.40. The van der Waals surface area contributed by atoms with Crippen molar-refractivity contribution in [2.45, 2.75) is 6.42 Å². The molecule has 1 aliphatic rings. The van der Waals surface area contributed by atoms with Crippen LogP contribution >= 0.6 is 0 Å². The lowest BCUT2D eigenvalue weighted by Crippen LogP contribution is -2.23. The Morgan fingerprint density at radius 2 is 2.18 bits per heavy atom. The van der Waals surface area contributed by atoms with E-state index >= 15 is 0 Å².